The lowest BCUT2D eigenvalue weighted by Crippen LogP contribution is -2.12. The molecule has 4 heteroatoms. The second kappa shape index (κ2) is 5.13. The van der Waals surface area contributed by atoms with E-state index in [0.717, 1.165) is 6.20 Å². The first-order valence-corrected chi connectivity index (χ1v) is 4.04. The van der Waals surface area contributed by atoms with Crippen molar-refractivity contribution in [3.05, 3.63) is 28.2 Å². The maximum Gasteiger partial charge on any atom is 0.233 e. The number of H-pyrrole nitrogens is 1. The van der Waals surface area contributed by atoms with E-state index in [1.54, 1.807) is 0 Å². The molecule has 0 atom stereocenters. The number of pyridine rings is 1. The van der Waals surface area contributed by atoms with Crippen LogP contribution in [0.3, 0.4) is 0 Å². The number of ketones is 1. The molecule has 1 aromatic rings. The molecule has 72 valence electrons. The van der Waals surface area contributed by atoms with Gasteiger partial charge in [-0.2, -0.15) is 0 Å². The molecule has 0 radical (unpaired) electrons. The van der Waals surface area contributed by atoms with E-state index in [-0.39, 0.29) is 11.3 Å². The minimum atomic E-state index is -0.628. The molecule has 2 N–H and O–H groups in total. The Morgan fingerprint density at radius 1 is 1.38 bits per heavy atom. The van der Waals surface area contributed by atoms with Crippen LogP contribution >= 0.6 is 0 Å². The van der Waals surface area contributed by atoms with E-state index in [2.05, 4.69) is 4.98 Å². The zero-order valence-corrected chi connectivity index (χ0v) is 7.92. The van der Waals surface area contributed by atoms with Crippen LogP contribution in [-0.4, -0.2) is 15.9 Å². The third-order valence-corrected chi connectivity index (χ3v) is 1.30. The molecule has 0 saturated carbocycles. The van der Waals surface area contributed by atoms with Gasteiger partial charge in [0.2, 0.25) is 5.43 Å². The summed E-state index contributed by atoms with van der Waals surface area (Å²) in [7, 11) is 0. The number of Topliss-reactive ketones (excluding diaryl/α,β-unsaturated/α-hetero) is 1. The van der Waals surface area contributed by atoms with Crippen molar-refractivity contribution < 1.29 is 9.90 Å². The van der Waals surface area contributed by atoms with Crippen molar-refractivity contribution >= 4 is 5.78 Å². The molecule has 1 rings (SSSR count). The molecule has 1 aromatic heterocycles. The normalized spacial score (nSPS) is 8.54. The average Bonchev–Trinajstić information content (AvgIpc) is 2.13. The minimum Gasteiger partial charge on any atom is -0.503 e. The van der Waals surface area contributed by atoms with Gasteiger partial charge in [-0.1, -0.05) is 13.8 Å². The van der Waals surface area contributed by atoms with E-state index in [1.165, 1.54) is 13.1 Å². The van der Waals surface area contributed by atoms with E-state index >= 15 is 0 Å². The highest BCUT2D eigenvalue weighted by Crippen LogP contribution is 1.99. The Morgan fingerprint density at radius 3 is 2.31 bits per heavy atom. The lowest BCUT2D eigenvalue weighted by atomic mass is 10.2. The summed E-state index contributed by atoms with van der Waals surface area (Å²) in [5.41, 5.74) is -0.652. The Morgan fingerprint density at radius 2 is 1.92 bits per heavy atom. The molecule has 0 aliphatic rings. The lowest BCUT2D eigenvalue weighted by Gasteiger charge is -1.93. The fourth-order valence-corrected chi connectivity index (χ4v) is 0.735. The zero-order chi connectivity index (χ0) is 10.4. The maximum atomic E-state index is 10.9. The monoisotopic (exact) mass is 183 g/mol. The van der Waals surface area contributed by atoms with Crippen LogP contribution in [0.4, 0.5) is 0 Å². The van der Waals surface area contributed by atoms with Crippen molar-refractivity contribution in [2.75, 3.05) is 0 Å². The van der Waals surface area contributed by atoms with Crippen molar-refractivity contribution in [3.8, 4) is 5.75 Å². The molecule has 0 spiro atoms. The van der Waals surface area contributed by atoms with Gasteiger partial charge in [0.05, 0.1) is 5.56 Å². The number of carbonyl (C=O) groups is 1. The topological polar surface area (TPSA) is 70.2 Å². The van der Waals surface area contributed by atoms with Crippen LogP contribution in [0.15, 0.2) is 17.2 Å². The summed E-state index contributed by atoms with van der Waals surface area (Å²) in [5.74, 6) is -0.792. The zero-order valence-electron chi connectivity index (χ0n) is 7.92. The largest absolute Gasteiger partial charge is 0.503 e. The van der Waals surface area contributed by atoms with Gasteiger partial charge in [-0.05, 0) is 6.92 Å². The van der Waals surface area contributed by atoms with Gasteiger partial charge in [0.25, 0.3) is 0 Å². The first-order chi connectivity index (χ1) is 6.13. The molecule has 1 heterocycles. The second-order valence-electron chi connectivity index (χ2n) is 2.14. The van der Waals surface area contributed by atoms with Crippen LogP contribution < -0.4 is 5.43 Å². The van der Waals surface area contributed by atoms with E-state index in [4.69, 9.17) is 5.11 Å². The Kier molecular flexibility index (Phi) is 4.51. The van der Waals surface area contributed by atoms with Crippen LogP contribution in [0.5, 0.6) is 5.75 Å². The molecule has 0 aromatic carbocycles. The van der Waals surface area contributed by atoms with Gasteiger partial charge < -0.3 is 10.1 Å². The fraction of sp³-hybridized carbons (Fsp3) is 0.333. The molecule has 4 nitrogen and oxygen atoms in total. The van der Waals surface area contributed by atoms with Crippen LogP contribution in [0, 0.1) is 0 Å². The summed E-state index contributed by atoms with van der Waals surface area (Å²) >= 11 is 0. The van der Waals surface area contributed by atoms with Gasteiger partial charge in [-0.15, -0.1) is 0 Å². The summed E-state index contributed by atoms with van der Waals surface area (Å²) < 4.78 is 0. The number of carbonyl (C=O) groups excluding carboxylic acids is 1. The highest BCUT2D eigenvalue weighted by Gasteiger charge is 2.06. The summed E-state index contributed by atoms with van der Waals surface area (Å²) in [5, 5.41) is 8.85. The molecule has 0 aliphatic heterocycles. The molecule has 0 bridgehead atoms. The first-order valence-electron chi connectivity index (χ1n) is 4.04. The van der Waals surface area contributed by atoms with Crippen LogP contribution in [0.1, 0.15) is 31.1 Å². The quantitative estimate of drug-likeness (QED) is 0.645. The van der Waals surface area contributed by atoms with Crippen LogP contribution in [0.2, 0.25) is 0 Å². The Bertz CT molecular complexity index is 341. The third-order valence-electron chi connectivity index (χ3n) is 1.30. The van der Waals surface area contributed by atoms with Gasteiger partial charge in [0.1, 0.15) is 0 Å². The molecule has 0 saturated heterocycles. The van der Waals surface area contributed by atoms with E-state index in [1.807, 2.05) is 13.8 Å². The molecule has 0 fully saturated rings. The summed E-state index contributed by atoms with van der Waals surface area (Å²) in [6.45, 7) is 5.27. The SMILES string of the molecule is CC.CC(=O)c1c[nH]cc(O)c1=O. The maximum absolute atomic E-state index is 10.9. The van der Waals surface area contributed by atoms with Crippen LogP contribution in [0.25, 0.3) is 0 Å². The van der Waals surface area contributed by atoms with Gasteiger partial charge in [-0.3, -0.25) is 9.59 Å². The number of aromatic hydroxyl groups is 1. The van der Waals surface area contributed by atoms with Crippen LogP contribution in [-0.2, 0) is 0 Å². The number of hydrogen-bond donors (Lipinski definition) is 2. The van der Waals surface area contributed by atoms with Crippen molar-refractivity contribution in [1.29, 1.82) is 0 Å². The number of rotatable bonds is 1. The Labute approximate surface area is 76.2 Å². The van der Waals surface area contributed by atoms with Crippen molar-refractivity contribution in [2.45, 2.75) is 20.8 Å². The highest BCUT2D eigenvalue weighted by molar-refractivity contribution is 5.93. The number of aromatic nitrogens is 1. The Balaban J connectivity index is 0.000000671. The average molecular weight is 183 g/mol. The van der Waals surface area contributed by atoms with Gasteiger partial charge in [0, 0.05) is 12.4 Å². The second-order valence-corrected chi connectivity index (χ2v) is 2.14. The first kappa shape index (κ1) is 11.4. The molecule has 0 aliphatic carbocycles. The number of aromatic amines is 1. The van der Waals surface area contributed by atoms with E-state index < -0.39 is 11.2 Å². The lowest BCUT2D eigenvalue weighted by molar-refractivity contribution is 0.101. The molecule has 0 amide bonds. The Hall–Kier alpha value is -1.58. The van der Waals surface area contributed by atoms with Crippen molar-refractivity contribution in [1.82, 2.24) is 4.98 Å². The van der Waals surface area contributed by atoms with Gasteiger partial charge >= 0.3 is 0 Å². The standard InChI is InChI=1S/C7H7NO3.C2H6/c1-4(9)5-2-8-3-6(10)7(5)11;1-2/h2-3,10H,1H3,(H,8,11);1-2H3. The van der Waals surface area contributed by atoms with Gasteiger partial charge in [-0.25, -0.2) is 0 Å². The fourth-order valence-electron chi connectivity index (χ4n) is 0.735. The van der Waals surface area contributed by atoms with Gasteiger partial charge in [0.15, 0.2) is 11.5 Å². The van der Waals surface area contributed by atoms with E-state index in [9.17, 15) is 9.59 Å². The highest BCUT2D eigenvalue weighted by atomic mass is 16.3. The minimum absolute atomic E-state index is 0.0231. The summed E-state index contributed by atoms with van der Waals surface area (Å²) in [6.07, 6.45) is 2.40. The van der Waals surface area contributed by atoms with Crippen molar-refractivity contribution in [3.63, 3.8) is 0 Å². The molecule has 0 unspecified atom stereocenters. The number of hydrogen-bond acceptors (Lipinski definition) is 3. The molecule has 13 heavy (non-hydrogen) atoms. The predicted molar refractivity (Wildman–Crippen MR) is 50.1 cm³/mol. The smallest absolute Gasteiger partial charge is 0.233 e. The summed E-state index contributed by atoms with van der Waals surface area (Å²) in [4.78, 5) is 24.1. The van der Waals surface area contributed by atoms with E-state index in [0.29, 0.717) is 0 Å². The molecular formula is C9H13NO3. The van der Waals surface area contributed by atoms with Crippen molar-refractivity contribution in [2.24, 2.45) is 0 Å². The number of nitrogens with one attached hydrogen (secondary N) is 1. The summed E-state index contributed by atoms with van der Waals surface area (Å²) in [6, 6.07) is 0. The predicted octanol–water partition coefficient (Wildman–Crippen LogP) is 1.31. The third kappa shape index (κ3) is 2.74. The molecular weight excluding hydrogens is 170 g/mol.